The van der Waals surface area contributed by atoms with Crippen molar-refractivity contribution in [1.29, 1.82) is 0 Å². The minimum atomic E-state index is 0.661. The summed E-state index contributed by atoms with van der Waals surface area (Å²) in [4.78, 5) is 11.0. The van der Waals surface area contributed by atoms with Gasteiger partial charge in [0.25, 0.3) is 0 Å². The Morgan fingerprint density at radius 3 is 1.05 bits per heavy atom. The molecule has 7 heterocycles. The topological polar surface area (TPSA) is 40.6 Å². The number of rotatable bonds is 6. The lowest BCUT2D eigenvalue weighted by atomic mass is 10.0. The first-order valence-corrected chi connectivity index (χ1v) is 30.8. The summed E-state index contributed by atoms with van der Waals surface area (Å²) in [7, 11) is 0. The van der Waals surface area contributed by atoms with Gasteiger partial charge in [0.15, 0.2) is 5.82 Å². The minimum Gasteiger partial charge on any atom is -0.309 e. The van der Waals surface area contributed by atoms with Crippen LogP contribution in [0.1, 0.15) is 0 Å². The monoisotopic (exact) mass is 1120 g/mol. The fourth-order valence-corrected chi connectivity index (χ4v) is 17.1. The van der Waals surface area contributed by atoms with Crippen molar-refractivity contribution in [3.05, 3.63) is 261 Å². The number of hydrogen-bond donors (Lipinski definition) is 0. The SMILES string of the molecule is c1cc(-c2cc(-c3ccc(-n4c5ccccc5c5ccc6sc7ccccc7c6c54)cc3)nc(-c3ccc(-n4c5ccccc5c5ccc6sc7ccccc7c6c54)cc3)n2)cc(-n2c3ccccc3c3ccc4sc5ccccc5c4c32)c1. The fourth-order valence-electron chi connectivity index (χ4n) is 13.8. The van der Waals surface area contributed by atoms with Gasteiger partial charge in [-0.1, -0.05) is 152 Å². The van der Waals surface area contributed by atoms with Gasteiger partial charge in [0.05, 0.1) is 44.5 Å². The van der Waals surface area contributed by atoms with Crippen LogP contribution in [0.25, 0.3) is 177 Å². The van der Waals surface area contributed by atoms with Gasteiger partial charge in [0.2, 0.25) is 0 Å². The second kappa shape index (κ2) is 17.6. The van der Waals surface area contributed by atoms with Crippen LogP contribution in [0.4, 0.5) is 0 Å². The van der Waals surface area contributed by atoms with Crippen LogP contribution in [-0.4, -0.2) is 23.7 Å². The molecule has 0 radical (unpaired) electrons. The van der Waals surface area contributed by atoms with Crippen molar-refractivity contribution in [2.45, 2.75) is 0 Å². The maximum atomic E-state index is 5.54. The molecule has 0 saturated carbocycles. The van der Waals surface area contributed by atoms with Crippen molar-refractivity contribution in [3.63, 3.8) is 0 Å². The Kier molecular flexibility index (Phi) is 9.75. The van der Waals surface area contributed by atoms with E-state index in [0.29, 0.717) is 5.82 Å². The molecule has 0 aliphatic carbocycles. The van der Waals surface area contributed by atoms with Crippen LogP contribution >= 0.6 is 34.0 Å². The summed E-state index contributed by atoms with van der Waals surface area (Å²) >= 11 is 5.58. The molecule has 390 valence electrons. The third-order valence-corrected chi connectivity index (χ3v) is 20.9. The highest BCUT2D eigenvalue weighted by molar-refractivity contribution is 7.26. The van der Waals surface area contributed by atoms with Gasteiger partial charge < -0.3 is 13.7 Å². The largest absolute Gasteiger partial charge is 0.309 e. The van der Waals surface area contributed by atoms with E-state index in [2.05, 4.69) is 275 Å². The van der Waals surface area contributed by atoms with E-state index < -0.39 is 0 Å². The molecule has 0 spiro atoms. The van der Waals surface area contributed by atoms with E-state index in [1.54, 1.807) is 0 Å². The number of thiophene rings is 3. The van der Waals surface area contributed by atoms with Gasteiger partial charge in [-0.25, -0.2) is 9.97 Å². The lowest BCUT2D eigenvalue weighted by Crippen LogP contribution is -1.99. The molecule has 0 unspecified atom stereocenters. The van der Waals surface area contributed by atoms with E-state index in [4.69, 9.17) is 9.97 Å². The van der Waals surface area contributed by atoms with E-state index in [9.17, 15) is 0 Å². The van der Waals surface area contributed by atoms with Gasteiger partial charge in [-0.2, -0.15) is 0 Å². The Labute approximate surface area is 492 Å². The molecule has 0 bridgehead atoms. The first-order valence-electron chi connectivity index (χ1n) is 28.4. The van der Waals surface area contributed by atoms with Crippen LogP contribution in [0.5, 0.6) is 0 Å². The van der Waals surface area contributed by atoms with Crippen molar-refractivity contribution in [2.24, 2.45) is 0 Å². The Morgan fingerprint density at radius 2 is 0.607 bits per heavy atom. The quantitative estimate of drug-likeness (QED) is 0.166. The highest BCUT2D eigenvalue weighted by Crippen LogP contribution is 2.47. The van der Waals surface area contributed by atoms with Crippen LogP contribution in [-0.2, 0) is 0 Å². The van der Waals surface area contributed by atoms with E-state index in [0.717, 1.165) is 45.1 Å². The van der Waals surface area contributed by atoms with Crippen molar-refractivity contribution in [3.8, 4) is 51.0 Å². The molecule has 8 heteroatoms. The third kappa shape index (κ3) is 6.64. The Hall–Kier alpha value is -10.2. The van der Waals surface area contributed by atoms with Gasteiger partial charge in [-0.3, -0.25) is 0 Å². The number of para-hydroxylation sites is 3. The predicted molar refractivity (Wildman–Crippen MR) is 360 cm³/mol. The maximum Gasteiger partial charge on any atom is 0.160 e. The highest BCUT2D eigenvalue weighted by atomic mass is 32.1. The second-order valence-corrected chi connectivity index (χ2v) is 25.2. The smallest absolute Gasteiger partial charge is 0.160 e. The molecular weight excluding hydrogens is 1080 g/mol. The number of aromatic nitrogens is 5. The van der Waals surface area contributed by atoms with E-state index >= 15 is 0 Å². The summed E-state index contributed by atoms with van der Waals surface area (Å²) in [5.74, 6) is 0.661. The summed E-state index contributed by atoms with van der Waals surface area (Å²) < 4.78 is 15.1. The van der Waals surface area contributed by atoms with Gasteiger partial charge >= 0.3 is 0 Å². The molecule has 19 rings (SSSR count). The summed E-state index contributed by atoms with van der Waals surface area (Å²) in [6.07, 6.45) is 0. The number of nitrogens with zero attached hydrogens (tertiary/aromatic N) is 5. The lowest BCUT2D eigenvalue weighted by molar-refractivity contribution is 1.16. The molecule has 5 nitrogen and oxygen atoms in total. The molecule has 0 fully saturated rings. The Morgan fingerprint density at radius 1 is 0.238 bits per heavy atom. The summed E-state index contributed by atoms with van der Waals surface area (Å²) in [5.41, 5.74) is 15.1. The molecule has 12 aromatic carbocycles. The zero-order valence-electron chi connectivity index (χ0n) is 44.8. The Balaban J connectivity index is 0.801. The molecule has 0 saturated heterocycles. The highest BCUT2D eigenvalue weighted by Gasteiger charge is 2.23. The number of hydrogen-bond acceptors (Lipinski definition) is 5. The Bertz CT molecular complexity index is 5740. The molecule has 0 atom stereocenters. The molecule has 0 aliphatic heterocycles. The molecule has 0 amide bonds. The van der Waals surface area contributed by atoms with Crippen molar-refractivity contribution in [1.82, 2.24) is 23.7 Å². The minimum absolute atomic E-state index is 0.661. The van der Waals surface area contributed by atoms with Gasteiger partial charge in [0.1, 0.15) is 0 Å². The van der Waals surface area contributed by atoms with Gasteiger partial charge in [-0.15, -0.1) is 34.0 Å². The van der Waals surface area contributed by atoms with Gasteiger partial charge in [-0.05, 0) is 109 Å². The van der Waals surface area contributed by atoms with Crippen molar-refractivity contribution in [2.75, 3.05) is 0 Å². The first kappa shape index (κ1) is 46.4. The average Bonchev–Trinajstić information content (AvgIpc) is 2.19. The number of benzene rings is 12. The number of fused-ring (bicyclic) bond motifs is 21. The van der Waals surface area contributed by atoms with Gasteiger partial charge in [0, 0.05) is 127 Å². The zero-order valence-corrected chi connectivity index (χ0v) is 47.2. The second-order valence-electron chi connectivity index (χ2n) is 22.0. The van der Waals surface area contributed by atoms with Crippen LogP contribution in [0, 0.1) is 0 Å². The average molecular weight is 1120 g/mol. The lowest BCUT2D eigenvalue weighted by Gasteiger charge is -2.14. The third-order valence-electron chi connectivity index (χ3n) is 17.5. The zero-order chi connectivity index (χ0) is 54.7. The standard InChI is InChI=1S/C76H43N5S3/c1-7-22-61-50(16-1)53-36-39-67-70(56-19-4-10-25-64(56)82-67)73(53)79(61)47-32-28-44(29-33-47)59-43-60(46-14-13-15-49(42-46)81-63-24-9-3-18-52(63)55-38-41-69-72(75(55)81)58-21-6-12-27-66(58)84-69)78-76(77-59)45-30-34-48(35-31-45)80-62-23-8-2-17-51(62)54-37-40-68-71(74(54)80)57-20-5-11-26-65(57)83-68/h1-43H. The van der Waals surface area contributed by atoms with Crippen LogP contribution in [0.15, 0.2) is 261 Å². The molecule has 0 aliphatic rings. The first-order chi connectivity index (χ1) is 41.6. The summed E-state index contributed by atoms with van der Waals surface area (Å²) in [6.45, 7) is 0. The van der Waals surface area contributed by atoms with E-state index in [1.165, 1.54) is 126 Å². The van der Waals surface area contributed by atoms with E-state index in [1.807, 2.05) is 34.0 Å². The fraction of sp³-hybridized carbons (Fsp3) is 0. The molecule has 84 heavy (non-hydrogen) atoms. The van der Waals surface area contributed by atoms with E-state index in [-0.39, 0.29) is 0 Å². The van der Waals surface area contributed by atoms with Crippen LogP contribution < -0.4 is 0 Å². The van der Waals surface area contributed by atoms with Crippen molar-refractivity contribution < 1.29 is 0 Å². The molecule has 0 N–H and O–H groups in total. The van der Waals surface area contributed by atoms with Crippen LogP contribution in [0.3, 0.4) is 0 Å². The van der Waals surface area contributed by atoms with Crippen LogP contribution in [0.2, 0.25) is 0 Å². The molecule has 19 aromatic rings. The summed E-state index contributed by atoms with van der Waals surface area (Å²) in [5, 5.41) is 15.2. The molecular formula is C76H43N5S3. The molecule has 7 aromatic heterocycles. The predicted octanol–water partition coefficient (Wildman–Crippen LogP) is 21.9. The summed E-state index contributed by atoms with van der Waals surface area (Å²) in [6, 6.07) is 95.8. The normalized spacial score (nSPS) is 12.3. The van der Waals surface area contributed by atoms with Crippen molar-refractivity contribution >= 4 is 160 Å². The maximum absolute atomic E-state index is 5.54.